The van der Waals surface area contributed by atoms with Gasteiger partial charge < -0.3 is 5.11 Å². The van der Waals surface area contributed by atoms with E-state index in [0.29, 0.717) is 5.92 Å². The lowest BCUT2D eigenvalue weighted by atomic mass is 9.77. The van der Waals surface area contributed by atoms with Crippen molar-refractivity contribution < 1.29 is 5.11 Å². The van der Waals surface area contributed by atoms with Gasteiger partial charge in [-0.2, -0.15) is 0 Å². The number of hydrogen-bond acceptors (Lipinski definition) is 2. The average Bonchev–Trinajstić information content (AvgIpc) is 2.95. The number of rotatable bonds is 7. The largest absolute Gasteiger partial charge is 0.393 e. The van der Waals surface area contributed by atoms with Crippen LogP contribution in [0.5, 0.6) is 0 Å². The Bertz CT molecular complexity index is 285. The van der Waals surface area contributed by atoms with Crippen molar-refractivity contribution >= 4 is 0 Å². The predicted octanol–water partition coefficient (Wildman–Crippen LogP) is 4.46. The van der Waals surface area contributed by atoms with Crippen LogP contribution in [0.4, 0.5) is 0 Å². The molecule has 2 nitrogen and oxygen atoms in total. The van der Waals surface area contributed by atoms with Crippen molar-refractivity contribution in [3.63, 3.8) is 0 Å². The van der Waals surface area contributed by atoms with Gasteiger partial charge in [-0.1, -0.05) is 46.5 Å². The summed E-state index contributed by atoms with van der Waals surface area (Å²) < 4.78 is 0. The van der Waals surface area contributed by atoms with Crippen molar-refractivity contribution in [3.8, 4) is 0 Å². The Kier molecular flexibility index (Phi) is 7.01. The first-order valence-electron chi connectivity index (χ1n) is 9.52. The van der Waals surface area contributed by atoms with Crippen molar-refractivity contribution in [1.82, 2.24) is 4.90 Å². The summed E-state index contributed by atoms with van der Waals surface area (Å²) in [4.78, 5) is 2.74. The molecule has 124 valence electrons. The van der Waals surface area contributed by atoms with E-state index < -0.39 is 0 Å². The molecule has 2 rings (SSSR count). The maximum atomic E-state index is 10.5. The number of hydrogen-bond donors (Lipinski definition) is 1. The van der Waals surface area contributed by atoms with Crippen LogP contribution in [0.2, 0.25) is 0 Å². The van der Waals surface area contributed by atoms with E-state index in [1.165, 1.54) is 57.9 Å². The summed E-state index contributed by atoms with van der Waals surface area (Å²) in [5, 5.41) is 10.5. The van der Waals surface area contributed by atoms with Gasteiger partial charge in [-0.3, -0.25) is 4.90 Å². The van der Waals surface area contributed by atoms with Gasteiger partial charge in [0, 0.05) is 19.1 Å². The summed E-state index contributed by atoms with van der Waals surface area (Å²) in [5.74, 6) is 2.13. The first-order chi connectivity index (χ1) is 10.1. The Labute approximate surface area is 132 Å². The Morgan fingerprint density at radius 2 is 1.81 bits per heavy atom. The molecule has 21 heavy (non-hydrogen) atoms. The first-order valence-corrected chi connectivity index (χ1v) is 9.52. The highest BCUT2D eigenvalue weighted by molar-refractivity contribution is 4.85. The van der Waals surface area contributed by atoms with Crippen LogP contribution in [0.25, 0.3) is 0 Å². The van der Waals surface area contributed by atoms with E-state index in [9.17, 15) is 5.11 Å². The van der Waals surface area contributed by atoms with Gasteiger partial charge in [0.2, 0.25) is 0 Å². The van der Waals surface area contributed by atoms with E-state index in [2.05, 4.69) is 25.7 Å². The molecule has 2 saturated carbocycles. The second kappa shape index (κ2) is 8.53. The fraction of sp³-hybridized carbons (Fsp3) is 1.00. The van der Waals surface area contributed by atoms with Gasteiger partial charge in [0.15, 0.2) is 0 Å². The molecule has 0 spiro atoms. The van der Waals surface area contributed by atoms with E-state index in [-0.39, 0.29) is 6.10 Å². The molecule has 3 atom stereocenters. The average molecular weight is 296 g/mol. The summed E-state index contributed by atoms with van der Waals surface area (Å²) in [6.07, 6.45) is 11.7. The van der Waals surface area contributed by atoms with Gasteiger partial charge in [-0.05, 0) is 49.9 Å². The Hall–Kier alpha value is -0.0800. The second-order valence-electron chi connectivity index (χ2n) is 8.08. The molecule has 0 heterocycles. The third-order valence-electron chi connectivity index (χ3n) is 5.66. The van der Waals surface area contributed by atoms with Gasteiger partial charge >= 0.3 is 0 Å². The minimum absolute atomic E-state index is 0.0471. The van der Waals surface area contributed by atoms with Crippen molar-refractivity contribution in [1.29, 1.82) is 0 Å². The molecule has 2 heteroatoms. The number of nitrogens with zero attached hydrogens (tertiary/aromatic N) is 1. The van der Waals surface area contributed by atoms with Crippen LogP contribution >= 0.6 is 0 Å². The Morgan fingerprint density at radius 1 is 1.10 bits per heavy atom. The molecule has 2 fully saturated rings. The highest BCUT2D eigenvalue weighted by Gasteiger charge is 2.32. The molecular formula is C19H37NO. The molecule has 0 amide bonds. The SMILES string of the molecule is CCCC1CCC(O)C(CN(CC(C)C)C2CCCC2)C1. The monoisotopic (exact) mass is 295 g/mol. The van der Waals surface area contributed by atoms with E-state index in [0.717, 1.165) is 30.8 Å². The lowest BCUT2D eigenvalue weighted by Crippen LogP contribution is -2.44. The minimum Gasteiger partial charge on any atom is -0.393 e. The zero-order valence-electron chi connectivity index (χ0n) is 14.6. The molecule has 0 aliphatic heterocycles. The zero-order valence-corrected chi connectivity index (χ0v) is 14.6. The fourth-order valence-electron chi connectivity index (χ4n) is 4.62. The molecule has 0 bridgehead atoms. The van der Waals surface area contributed by atoms with Crippen LogP contribution in [-0.2, 0) is 0 Å². The van der Waals surface area contributed by atoms with Crippen molar-refractivity contribution in [3.05, 3.63) is 0 Å². The molecule has 0 saturated heterocycles. The molecule has 2 aliphatic carbocycles. The summed E-state index contributed by atoms with van der Waals surface area (Å²) in [6.45, 7) is 9.32. The predicted molar refractivity (Wildman–Crippen MR) is 90.4 cm³/mol. The third kappa shape index (κ3) is 5.25. The molecule has 1 N–H and O–H groups in total. The molecule has 0 aromatic rings. The van der Waals surface area contributed by atoms with Crippen molar-refractivity contribution in [2.45, 2.75) is 90.7 Å². The van der Waals surface area contributed by atoms with Crippen molar-refractivity contribution in [2.75, 3.05) is 13.1 Å². The van der Waals surface area contributed by atoms with Gasteiger partial charge in [-0.15, -0.1) is 0 Å². The lowest BCUT2D eigenvalue weighted by Gasteiger charge is -2.39. The van der Waals surface area contributed by atoms with E-state index in [1.807, 2.05) is 0 Å². The van der Waals surface area contributed by atoms with Gasteiger partial charge in [-0.25, -0.2) is 0 Å². The topological polar surface area (TPSA) is 23.5 Å². The summed E-state index contributed by atoms with van der Waals surface area (Å²) in [7, 11) is 0. The van der Waals surface area contributed by atoms with E-state index >= 15 is 0 Å². The van der Waals surface area contributed by atoms with Crippen LogP contribution in [-0.4, -0.2) is 35.2 Å². The van der Waals surface area contributed by atoms with Crippen LogP contribution in [0.3, 0.4) is 0 Å². The summed E-state index contributed by atoms with van der Waals surface area (Å²) in [5.41, 5.74) is 0. The fourth-order valence-corrected chi connectivity index (χ4v) is 4.62. The molecule has 0 aromatic heterocycles. The third-order valence-corrected chi connectivity index (χ3v) is 5.66. The Balaban J connectivity index is 1.93. The van der Waals surface area contributed by atoms with Crippen molar-refractivity contribution in [2.24, 2.45) is 17.8 Å². The Morgan fingerprint density at radius 3 is 2.43 bits per heavy atom. The number of aliphatic hydroxyl groups is 1. The molecular weight excluding hydrogens is 258 g/mol. The maximum absolute atomic E-state index is 10.5. The highest BCUT2D eigenvalue weighted by Crippen LogP contribution is 2.34. The minimum atomic E-state index is -0.0471. The molecule has 3 unspecified atom stereocenters. The standard InChI is InChI=1S/C19H37NO/c1-4-7-16-10-11-19(21)17(12-16)14-20(13-15(2)3)18-8-5-6-9-18/h15-19,21H,4-14H2,1-3H3. The van der Waals surface area contributed by atoms with Gasteiger partial charge in [0.25, 0.3) is 0 Å². The van der Waals surface area contributed by atoms with Crippen LogP contribution in [0.1, 0.15) is 78.6 Å². The maximum Gasteiger partial charge on any atom is 0.0580 e. The second-order valence-corrected chi connectivity index (χ2v) is 8.08. The molecule has 0 radical (unpaired) electrons. The molecule has 2 aliphatic rings. The van der Waals surface area contributed by atoms with Gasteiger partial charge in [0.05, 0.1) is 6.10 Å². The van der Waals surface area contributed by atoms with E-state index in [1.54, 1.807) is 0 Å². The first kappa shape index (κ1) is 17.3. The van der Waals surface area contributed by atoms with Crippen LogP contribution in [0.15, 0.2) is 0 Å². The highest BCUT2D eigenvalue weighted by atomic mass is 16.3. The number of aliphatic hydroxyl groups excluding tert-OH is 1. The van der Waals surface area contributed by atoms with Gasteiger partial charge in [0.1, 0.15) is 0 Å². The normalized spacial score (nSPS) is 31.4. The zero-order chi connectivity index (χ0) is 15.2. The van der Waals surface area contributed by atoms with Crippen LogP contribution in [0, 0.1) is 17.8 Å². The smallest absolute Gasteiger partial charge is 0.0580 e. The quantitative estimate of drug-likeness (QED) is 0.749. The summed E-state index contributed by atoms with van der Waals surface area (Å²) >= 11 is 0. The molecule has 0 aromatic carbocycles. The lowest BCUT2D eigenvalue weighted by molar-refractivity contribution is 0.0148. The summed E-state index contributed by atoms with van der Waals surface area (Å²) in [6, 6.07) is 0.797. The van der Waals surface area contributed by atoms with E-state index in [4.69, 9.17) is 0 Å². The van der Waals surface area contributed by atoms with Crippen LogP contribution < -0.4 is 0 Å².